The molecule has 1 aliphatic heterocycles. The third-order valence-electron chi connectivity index (χ3n) is 6.75. The van der Waals surface area contributed by atoms with E-state index >= 15 is 0 Å². The van der Waals surface area contributed by atoms with E-state index in [0.29, 0.717) is 17.3 Å². The third kappa shape index (κ3) is 3.98. The van der Waals surface area contributed by atoms with Crippen LogP contribution in [0.5, 0.6) is 0 Å². The molecule has 2 aromatic heterocycles. The van der Waals surface area contributed by atoms with Gasteiger partial charge in [-0.1, -0.05) is 19.8 Å². The molecule has 2 aliphatic rings. The number of aromatic amines is 1. The van der Waals surface area contributed by atoms with Crippen molar-refractivity contribution in [2.75, 3.05) is 13.1 Å². The summed E-state index contributed by atoms with van der Waals surface area (Å²) in [5, 5.41) is 6.12. The molecular weight excluding hydrogens is 408 g/mol. The summed E-state index contributed by atoms with van der Waals surface area (Å²) in [6.07, 6.45) is 8.75. The van der Waals surface area contributed by atoms with Crippen LogP contribution >= 0.6 is 0 Å². The van der Waals surface area contributed by atoms with Gasteiger partial charge >= 0.3 is 6.15 Å². The Morgan fingerprint density at radius 2 is 1.84 bits per heavy atom. The van der Waals surface area contributed by atoms with Crippen LogP contribution in [0.2, 0.25) is 0 Å². The number of pyridine rings is 1. The summed E-state index contributed by atoms with van der Waals surface area (Å²) in [6, 6.07) is 4.27. The van der Waals surface area contributed by atoms with Crippen LogP contribution in [0, 0.1) is 12.8 Å². The number of carbonyl (C=O) groups is 1. The number of piperidine rings is 1. The highest BCUT2D eigenvalue weighted by Crippen LogP contribution is 2.34. The van der Waals surface area contributed by atoms with Crippen molar-refractivity contribution in [3.8, 4) is 0 Å². The Hall–Kier alpha value is -3.25. The summed E-state index contributed by atoms with van der Waals surface area (Å²) in [5.41, 5.74) is 3.18. The van der Waals surface area contributed by atoms with Gasteiger partial charge in [0.1, 0.15) is 0 Å². The van der Waals surface area contributed by atoms with E-state index in [4.69, 9.17) is 9.59 Å². The molecule has 168 valence electrons. The second-order valence-corrected chi connectivity index (χ2v) is 9.04. The summed E-state index contributed by atoms with van der Waals surface area (Å²) in [5.74, 6) is 0.641. The number of H-pyrrole nitrogens is 1. The van der Waals surface area contributed by atoms with Crippen LogP contribution in [0.1, 0.15) is 67.4 Å². The number of likely N-dealkylation sites (tertiary alicyclic amines) is 1. The molecule has 1 saturated carbocycles. The molecule has 0 bridgehead atoms. The molecule has 2 fully saturated rings. The Kier molecular flexibility index (Phi) is 6.24. The highest BCUT2D eigenvalue weighted by atomic mass is 16.2. The van der Waals surface area contributed by atoms with Gasteiger partial charge in [-0.25, -0.2) is 0 Å². The highest BCUT2D eigenvalue weighted by Gasteiger charge is 2.25. The Morgan fingerprint density at radius 1 is 1.12 bits per heavy atom. The van der Waals surface area contributed by atoms with Gasteiger partial charge in [0, 0.05) is 24.0 Å². The number of aromatic nitrogens is 3. The van der Waals surface area contributed by atoms with Gasteiger partial charge in [-0.3, -0.25) is 14.3 Å². The van der Waals surface area contributed by atoms with Crippen LogP contribution in [-0.4, -0.2) is 44.8 Å². The second-order valence-electron chi connectivity index (χ2n) is 9.04. The van der Waals surface area contributed by atoms with Crippen molar-refractivity contribution < 1.29 is 14.4 Å². The number of hydrogen-bond acceptors (Lipinski definition) is 5. The van der Waals surface area contributed by atoms with Crippen LogP contribution in [0.25, 0.3) is 21.8 Å². The second kappa shape index (κ2) is 9.09. The van der Waals surface area contributed by atoms with Crippen molar-refractivity contribution in [3.05, 3.63) is 39.8 Å². The van der Waals surface area contributed by atoms with E-state index in [0.717, 1.165) is 59.9 Å². The van der Waals surface area contributed by atoms with E-state index in [2.05, 4.69) is 17.0 Å². The first kappa shape index (κ1) is 22.0. The normalized spacial score (nSPS) is 19.1. The van der Waals surface area contributed by atoms with Gasteiger partial charge in [0.15, 0.2) is 0 Å². The number of benzene rings is 1. The fourth-order valence-electron chi connectivity index (χ4n) is 5.19. The maximum absolute atomic E-state index is 13.3. The van der Waals surface area contributed by atoms with E-state index in [-0.39, 0.29) is 17.6 Å². The standard InChI is InChI=1S/C23H28N4O2.CO2/c1-14-6-5-9-26(13-14)23(29)17-11-18-20(10-15(17)2)25-22(28)19-12-24-27(21(18)19)16-7-3-4-8-16;2-1-3/h10-12,14,16H,3-9,13H2,1-2H3,(H,25,28);. The minimum absolute atomic E-state index is 0.0993. The smallest absolute Gasteiger partial charge is 0.338 e. The SMILES string of the molecule is Cc1cc2[nH]c(=O)c3cnn(C4CCCC4)c3c2cc1C(=O)N1CCCC(C)C1.O=C=O. The van der Waals surface area contributed by atoms with Gasteiger partial charge in [0.05, 0.1) is 28.7 Å². The first-order chi connectivity index (χ1) is 15.4. The van der Waals surface area contributed by atoms with Crippen molar-refractivity contribution in [1.82, 2.24) is 19.7 Å². The summed E-state index contributed by atoms with van der Waals surface area (Å²) >= 11 is 0. The van der Waals surface area contributed by atoms with E-state index in [1.807, 2.05) is 28.6 Å². The lowest BCUT2D eigenvalue weighted by atomic mass is 9.97. The Morgan fingerprint density at radius 3 is 2.53 bits per heavy atom. The van der Waals surface area contributed by atoms with Crippen molar-refractivity contribution in [3.63, 3.8) is 0 Å². The lowest BCUT2D eigenvalue weighted by molar-refractivity contribution is -0.191. The molecule has 8 nitrogen and oxygen atoms in total. The van der Waals surface area contributed by atoms with E-state index in [1.165, 1.54) is 19.3 Å². The fourth-order valence-corrected chi connectivity index (χ4v) is 5.19. The molecule has 1 saturated heterocycles. The average molecular weight is 437 g/mol. The molecule has 3 aromatic rings. The van der Waals surface area contributed by atoms with E-state index in [9.17, 15) is 9.59 Å². The van der Waals surface area contributed by atoms with Gasteiger partial charge < -0.3 is 9.88 Å². The van der Waals surface area contributed by atoms with Crippen LogP contribution < -0.4 is 5.56 Å². The van der Waals surface area contributed by atoms with Crippen LogP contribution in [-0.2, 0) is 9.59 Å². The number of aryl methyl sites for hydroxylation is 1. The number of rotatable bonds is 2. The third-order valence-corrected chi connectivity index (χ3v) is 6.75. The predicted octanol–water partition coefficient (Wildman–Crippen LogP) is 3.59. The summed E-state index contributed by atoms with van der Waals surface area (Å²) in [4.78, 5) is 47.2. The Bertz CT molecular complexity index is 1250. The number of carbonyl (C=O) groups excluding carboxylic acids is 3. The maximum atomic E-state index is 13.3. The lowest BCUT2D eigenvalue weighted by Gasteiger charge is -2.31. The Balaban J connectivity index is 0.000000775. The molecule has 1 N–H and O–H groups in total. The zero-order valence-corrected chi connectivity index (χ0v) is 18.5. The molecule has 1 atom stereocenters. The largest absolute Gasteiger partial charge is 0.373 e. The molecule has 3 heterocycles. The van der Waals surface area contributed by atoms with Crippen molar-refractivity contribution >= 4 is 33.9 Å². The van der Waals surface area contributed by atoms with Crippen molar-refractivity contribution in [1.29, 1.82) is 0 Å². The van der Waals surface area contributed by atoms with Gasteiger partial charge in [0.25, 0.3) is 11.5 Å². The molecule has 0 radical (unpaired) electrons. The Labute approximate surface area is 185 Å². The molecular formula is C24H28N4O4. The quantitative estimate of drug-likeness (QED) is 0.661. The van der Waals surface area contributed by atoms with Crippen LogP contribution in [0.3, 0.4) is 0 Å². The highest BCUT2D eigenvalue weighted by molar-refractivity contribution is 6.07. The summed E-state index contributed by atoms with van der Waals surface area (Å²) in [6.45, 7) is 5.80. The number of fused-ring (bicyclic) bond motifs is 3. The average Bonchev–Trinajstić information content (AvgIpc) is 3.44. The van der Waals surface area contributed by atoms with Gasteiger partial charge in [-0.15, -0.1) is 0 Å². The fraction of sp³-hybridized carbons (Fsp3) is 0.500. The van der Waals surface area contributed by atoms with Gasteiger partial charge in [-0.2, -0.15) is 14.7 Å². The zero-order valence-electron chi connectivity index (χ0n) is 18.5. The molecule has 0 spiro atoms. The molecule has 1 amide bonds. The first-order valence-electron chi connectivity index (χ1n) is 11.3. The predicted molar refractivity (Wildman–Crippen MR) is 119 cm³/mol. The number of nitrogens with zero attached hydrogens (tertiary/aromatic N) is 3. The monoisotopic (exact) mass is 436 g/mol. The summed E-state index contributed by atoms with van der Waals surface area (Å²) in [7, 11) is 0. The zero-order chi connectivity index (χ0) is 22.8. The number of amides is 1. The van der Waals surface area contributed by atoms with E-state index in [1.54, 1.807) is 6.20 Å². The summed E-state index contributed by atoms with van der Waals surface area (Å²) < 4.78 is 2.03. The molecule has 1 unspecified atom stereocenters. The van der Waals surface area contributed by atoms with Gasteiger partial charge in [-0.05, 0) is 56.2 Å². The van der Waals surface area contributed by atoms with Crippen molar-refractivity contribution in [2.45, 2.75) is 58.4 Å². The van der Waals surface area contributed by atoms with Crippen LogP contribution in [0.4, 0.5) is 0 Å². The number of hydrogen-bond donors (Lipinski definition) is 1. The maximum Gasteiger partial charge on any atom is 0.373 e. The van der Waals surface area contributed by atoms with Gasteiger partial charge in [0.2, 0.25) is 0 Å². The topological polar surface area (TPSA) is 105 Å². The van der Waals surface area contributed by atoms with Crippen LogP contribution in [0.15, 0.2) is 23.1 Å². The molecule has 32 heavy (non-hydrogen) atoms. The minimum atomic E-state index is -0.111. The van der Waals surface area contributed by atoms with Crippen molar-refractivity contribution in [2.24, 2.45) is 5.92 Å². The van der Waals surface area contributed by atoms with E-state index < -0.39 is 0 Å². The molecule has 1 aromatic carbocycles. The molecule has 5 rings (SSSR count). The lowest BCUT2D eigenvalue weighted by Crippen LogP contribution is -2.39. The number of nitrogens with one attached hydrogen (secondary N) is 1. The molecule has 1 aliphatic carbocycles. The first-order valence-corrected chi connectivity index (χ1v) is 11.3. The minimum Gasteiger partial charge on any atom is -0.338 e. The molecule has 8 heteroatoms.